The van der Waals surface area contributed by atoms with Crippen molar-refractivity contribution >= 4 is 11.3 Å². The van der Waals surface area contributed by atoms with Crippen LogP contribution in [0.15, 0.2) is 24.5 Å². The summed E-state index contributed by atoms with van der Waals surface area (Å²) in [5.41, 5.74) is 0.869. The van der Waals surface area contributed by atoms with Gasteiger partial charge in [0, 0.05) is 17.1 Å². The van der Waals surface area contributed by atoms with E-state index < -0.39 is 0 Å². The standard InChI is InChI=1S/C15H20FN3S/c1-4-12-9-18-15(20-12)10(3)19-13(5-2)14-7-6-11(16)8-17-14/h6-10,13,19H,4-5H2,1-3H3. The van der Waals surface area contributed by atoms with Crippen molar-refractivity contribution in [3.8, 4) is 0 Å². The number of aryl methyl sites for hydroxylation is 1. The quantitative estimate of drug-likeness (QED) is 0.873. The zero-order valence-corrected chi connectivity index (χ0v) is 12.9. The summed E-state index contributed by atoms with van der Waals surface area (Å²) in [4.78, 5) is 9.91. The highest BCUT2D eigenvalue weighted by atomic mass is 32.1. The molecule has 0 aliphatic heterocycles. The Kier molecular flexibility index (Phi) is 5.20. The maximum Gasteiger partial charge on any atom is 0.141 e. The van der Waals surface area contributed by atoms with E-state index >= 15 is 0 Å². The molecule has 0 aromatic carbocycles. The van der Waals surface area contributed by atoms with Gasteiger partial charge < -0.3 is 0 Å². The number of nitrogens with one attached hydrogen (secondary N) is 1. The third-order valence-corrected chi connectivity index (χ3v) is 4.58. The molecule has 2 rings (SSSR count). The molecule has 0 radical (unpaired) electrons. The average Bonchev–Trinajstić information content (AvgIpc) is 2.94. The maximum atomic E-state index is 12.9. The Morgan fingerprint density at radius 1 is 1.25 bits per heavy atom. The number of pyridine rings is 1. The van der Waals surface area contributed by atoms with E-state index in [2.05, 4.69) is 36.1 Å². The molecule has 0 aliphatic carbocycles. The topological polar surface area (TPSA) is 37.8 Å². The molecule has 2 atom stereocenters. The molecule has 3 nitrogen and oxygen atoms in total. The van der Waals surface area contributed by atoms with Crippen LogP contribution >= 0.6 is 11.3 Å². The smallest absolute Gasteiger partial charge is 0.141 e. The first-order valence-electron chi connectivity index (χ1n) is 6.96. The number of nitrogens with zero attached hydrogens (tertiary/aromatic N) is 2. The predicted octanol–water partition coefficient (Wildman–Crippen LogP) is 4.04. The molecule has 108 valence electrons. The summed E-state index contributed by atoms with van der Waals surface area (Å²) in [6.07, 6.45) is 5.12. The van der Waals surface area contributed by atoms with Crippen LogP contribution in [0.3, 0.4) is 0 Å². The summed E-state index contributed by atoms with van der Waals surface area (Å²) >= 11 is 1.74. The minimum atomic E-state index is -0.302. The summed E-state index contributed by atoms with van der Waals surface area (Å²) in [6, 6.07) is 3.47. The van der Waals surface area contributed by atoms with Gasteiger partial charge in [0.15, 0.2) is 0 Å². The van der Waals surface area contributed by atoms with Crippen LogP contribution in [0, 0.1) is 5.82 Å². The van der Waals surface area contributed by atoms with E-state index in [0.29, 0.717) is 0 Å². The Balaban J connectivity index is 2.07. The van der Waals surface area contributed by atoms with Gasteiger partial charge in [-0.25, -0.2) is 9.37 Å². The molecule has 0 saturated heterocycles. The molecule has 2 aromatic heterocycles. The zero-order valence-electron chi connectivity index (χ0n) is 12.1. The second-order valence-electron chi connectivity index (χ2n) is 4.77. The molecule has 0 amide bonds. The van der Waals surface area contributed by atoms with Crippen molar-refractivity contribution in [2.45, 2.75) is 45.7 Å². The van der Waals surface area contributed by atoms with Crippen LogP contribution in [0.1, 0.15) is 54.9 Å². The summed E-state index contributed by atoms with van der Waals surface area (Å²) in [6.45, 7) is 6.33. The fraction of sp³-hybridized carbons (Fsp3) is 0.467. The van der Waals surface area contributed by atoms with Crippen LogP contribution in [-0.4, -0.2) is 9.97 Å². The van der Waals surface area contributed by atoms with Crippen molar-refractivity contribution in [2.75, 3.05) is 0 Å². The first kappa shape index (κ1) is 15.1. The lowest BCUT2D eigenvalue weighted by Crippen LogP contribution is -2.24. The van der Waals surface area contributed by atoms with Gasteiger partial charge in [-0.15, -0.1) is 11.3 Å². The molecule has 2 aromatic rings. The SMILES string of the molecule is CCc1cnc(C(C)NC(CC)c2ccc(F)cn2)s1. The van der Waals surface area contributed by atoms with E-state index in [0.717, 1.165) is 23.5 Å². The molecular weight excluding hydrogens is 273 g/mol. The van der Waals surface area contributed by atoms with Crippen molar-refractivity contribution in [3.05, 3.63) is 45.9 Å². The van der Waals surface area contributed by atoms with E-state index in [1.807, 2.05) is 6.20 Å². The number of thiazole rings is 1. The Hall–Kier alpha value is -1.33. The first-order valence-corrected chi connectivity index (χ1v) is 7.77. The van der Waals surface area contributed by atoms with Gasteiger partial charge in [-0.1, -0.05) is 13.8 Å². The Morgan fingerprint density at radius 3 is 2.60 bits per heavy atom. The van der Waals surface area contributed by atoms with Crippen molar-refractivity contribution < 1.29 is 4.39 Å². The number of aromatic nitrogens is 2. The maximum absolute atomic E-state index is 12.9. The third-order valence-electron chi connectivity index (χ3n) is 3.26. The number of rotatable bonds is 6. The van der Waals surface area contributed by atoms with Gasteiger partial charge in [-0.2, -0.15) is 0 Å². The van der Waals surface area contributed by atoms with Gasteiger partial charge in [-0.3, -0.25) is 10.3 Å². The lowest BCUT2D eigenvalue weighted by atomic mass is 10.1. The van der Waals surface area contributed by atoms with Gasteiger partial charge in [0.2, 0.25) is 0 Å². The Morgan fingerprint density at radius 2 is 2.05 bits per heavy atom. The van der Waals surface area contributed by atoms with Crippen molar-refractivity contribution in [1.29, 1.82) is 0 Å². The Labute approximate surface area is 123 Å². The average molecular weight is 293 g/mol. The summed E-state index contributed by atoms with van der Waals surface area (Å²) in [5, 5.41) is 4.60. The molecule has 0 spiro atoms. The molecule has 20 heavy (non-hydrogen) atoms. The highest BCUT2D eigenvalue weighted by Gasteiger charge is 2.17. The highest BCUT2D eigenvalue weighted by molar-refractivity contribution is 7.11. The van der Waals surface area contributed by atoms with Crippen molar-refractivity contribution in [2.24, 2.45) is 0 Å². The minimum absolute atomic E-state index is 0.111. The fourth-order valence-electron chi connectivity index (χ4n) is 2.07. The molecule has 2 heterocycles. The van der Waals surface area contributed by atoms with Gasteiger partial charge in [0.1, 0.15) is 10.8 Å². The number of hydrogen-bond acceptors (Lipinski definition) is 4. The fourth-order valence-corrected chi connectivity index (χ4v) is 2.93. The largest absolute Gasteiger partial charge is 0.300 e. The summed E-state index contributed by atoms with van der Waals surface area (Å²) in [7, 11) is 0. The van der Waals surface area contributed by atoms with E-state index in [9.17, 15) is 4.39 Å². The highest BCUT2D eigenvalue weighted by Crippen LogP contribution is 2.24. The van der Waals surface area contributed by atoms with E-state index in [-0.39, 0.29) is 17.9 Å². The van der Waals surface area contributed by atoms with Crippen LogP contribution in [0.5, 0.6) is 0 Å². The lowest BCUT2D eigenvalue weighted by molar-refractivity contribution is 0.446. The third kappa shape index (κ3) is 3.61. The van der Waals surface area contributed by atoms with Crippen molar-refractivity contribution in [3.63, 3.8) is 0 Å². The second-order valence-corrected chi connectivity index (χ2v) is 5.92. The molecule has 1 N–H and O–H groups in total. The summed E-state index contributed by atoms with van der Waals surface area (Å²) < 4.78 is 12.9. The molecule has 0 saturated carbocycles. The van der Waals surface area contributed by atoms with Gasteiger partial charge in [0.25, 0.3) is 0 Å². The zero-order chi connectivity index (χ0) is 14.5. The van der Waals surface area contributed by atoms with Gasteiger partial charge in [-0.05, 0) is 31.9 Å². The van der Waals surface area contributed by atoms with E-state index in [4.69, 9.17) is 0 Å². The van der Waals surface area contributed by atoms with E-state index in [1.54, 1.807) is 17.4 Å². The van der Waals surface area contributed by atoms with Crippen LogP contribution in [0.2, 0.25) is 0 Å². The normalized spacial score (nSPS) is 14.2. The molecular formula is C15H20FN3S. The minimum Gasteiger partial charge on any atom is -0.300 e. The number of hydrogen-bond donors (Lipinski definition) is 1. The van der Waals surface area contributed by atoms with Crippen LogP contribution < -0.4 is 5.32 Å². The molecule has 5 heteroatoms. The monoisotopic (exact) mass is 293 g/mol. The van der Waals surface area contributed by atoms with Crippen molar-refractivity contribution in [1.82, 2.24) is 15.3 Å². The van der Waals surface area contributed by atoms with Crippen LogP contribution in [0.25, 0.3) is 0 Å². The first-order chi connectivity index (χ1) is 9.63. The molecule has 0 fully saturated rings. The molecule has 2 unspecified atom stereocenters. The molecule has 0 aliphatic rings. The predicted molar refractivity (Wildman–Crippen MR) is 80.3 cm³/mol. The second kappa shape index (κ2) is 6.90. The summed E-state index contributed by atoms with van der Waals surface area (Å²) in [5.74, 6) is -0.302. The lowest BCUT2D eigenvalue weighted by Gasteiger charge is -2.20. The van der Waals surface area contributed by atoms with Crippen LogP contribution in [-0.2, 0) is 6.42 Å². The number of halogens is 1. The van der Waals surface area contributed by atoms with Gasteiger partial charge in [0.05, 0.1) is 17.9 Å². The van der Waals surface area contributed by atoms with Crippen LogP contribution in [0.4, 0.5) is 4.39 Å². The Bertz CT molecular complexity index is 538. The van der Waals surface area contributed by atoms with E-state index in [1.165, 1.54) is 17.1 Å². The molecule has 0 bridgehead atoms. The van der Waals surface area contributed by atoms with Gasteiger partial charge >= 0.3 is 0 Å².